The van der Waals surface area contributed by atoms with Crippen LogP contribution >= 0.6 is 11.3 Å². The van der Waals surface area contributed by atoms with Gasteiger partial charge in [0.1, 0.15) is 0 Å². The van der Waals surface area contributed by atoms with Crippen molar-refractivity contribution >= 4 is 22.4 Å². The Labute approximate surface area is 111 Å². The zero-order valence-corrected chi connectivity index (χ0v) is 11.6. The summed E-state index contributed by atoms with van der Waals surface area (Å²) in [5.41, 5.74) is 0. The fourth-order valence-corrected chi connectivity index (χ4v) is 2.91. The van der Waals surface area contributed by atoms with E-state index in [1.54, 1.807) is 18.3 Å². The van der Waals surface area contributed by atoms with E-state index in [9.17, 15) is 4.79 Å². The first-order valence-electron chi connectivity index (χ1n) is 6.21. The van der Waals surface area contributed by atoms with Gasteiger partial charge in [-0.3, -0.25) is 9.69 Å². The molecule has 0 aliphatic carbocycles. The molecule has 1 saturated heterocycles. The van der Waals surface area contributed by atoms with E-state index in [2.05, 4.69) is 14.8 Å². The fraction of sp³-hybridized carbons (Fsp3) is 0.667. The number of anilines is 1. The van der Waals surface area contributed by atoms with Crippen LogP contribution in [0, 0.1) is 5.92 Å². The van der Waals surface area contributed by atoms with E-state index in [1.165, 1.54) is 0 Å². The molecule has 0 saturated carbocycles. The lowest BCUT2D eigenvalue weighted by atomic mass is 10.0. The third-order valence-electron chi connectivity index (χ3n) is 3.69. The van der Waals surface area contributed by atoms with Crippen LogP contribution in [-0.2, 0) is 4.79 Å². The van der Waals surface area contributed by atoms with Gasteiger partial charge in [-0.05, 0) is 6.92 Å². The average molecular weight is 269 g/mol. The largest absolute Gasteiger partial charge is 0.481 e. The van der Waals surface area contributed by atoms with Crippen molar-refractivity contribution in [3.05, 3.63) is 11.6 Å². The maximum atomic E-state index is 11.0. The summed E-state index contributed by atoms with van der Waals surface area (Å²) in [5, 5.41) is 12.1. The summed E-state index contributed by atoms with van der Waals surface area (Å²) in [5.74, 6) is -1.04. The summed E-state index contributed by atoms with van der Waals surface area (Å²) in [6, 6.07) is 0.0842. The molecule has 2 unspecified atom stereocenters. The Morgan fingerprint density at radius 2 is 2.06 bits per heavy atom. The predicted octanol–water partition coefficient (Wildman–Crippen LogP) is 1.37. The van der Waals surface area contributed by atoms with Crippen LogP contribution in [0.1, 0.15) is 13.8 Å². The van der Waals surface area contributed by atoms with Crippen molar-refractivity contribution in [2.45, 2.75) is 19.9 Å². The number of nitrogens with zero attached hydrogens (tertiary/aromatic N) is 3. The lowest BCUT2D eigenvalue weighted by Crippen LogP contribution is -2.52. The molecule has 18 heavy (non-hydrogen) atoms. The molecular weight excluding hydrogens is 250 g/mol. The summed E-state index contributed by atoms with van der Waals surface area (Å²) in [6.45, 7) is 7.42. The number of rotatable bonds is 4. The molecule has 0 spiro atoms. The third-order valence-corrected chi connectivity index (χ3v) is 4.53. The zero-order chi connectivity index (χ0) is 13.1. The highest BCUT2D eigenvalue weighted by Crippen LogP contribution is 2.21. The molecular formula is C12H19N3O2S. The number of hydrogen-bond donors (Lipinski definition) is 1. The van der Waals surface area contributed by atoms with Gasteiger partial charge in [0.15, 0.2) is 5.13 Å². The summed E-state index contributed by atoms with van der Waals surface area (Å²) < 4.78 is 0. The second-order valence-electron chi connectivity index (χ2n) is 4.71. The topological polar surface area (TPSA) is 56.7 Å². The summed E-state index contributed by atoms with van der Waals surface area (Å²) in [7, 11) is 0. The number of hydrogen-bond acceptors (Lipinski definition) is 5. The number of carboxylic acid groups (broad SMARTS) is 1. The van der Waals surface area contributed by atoms with Crippen molar-refractivity contribution in [1.29, 1.82) is 0 Å². The van der Waals surface area contributed by atoms with Crippen LogP contribution < -0.4 is 4.90 Å². The monoisotopic (exact) mass is 269 g/mol. The van der Waals surface area contributed by atoms with Gasteiger partial charge in [0, 0.05) is 43.8 Å². The SMILES string of the molecule is CC(C(=O)O)C(C)N1CCN(c2nccs2)CC1. The molecule has 1 aromatic rings. The predicted molar refractivity (Wildman–Crippen MR) is 72.2 cm³/mol. The second-order valence-corrected chi connectivity index (χ2v) is 5.58. The number of thiazole rings is 1. The average Bonchev–Trinajstić information content (AvgIpc) is 2.91. The van der Waals surface area contributed by atoms with Gasteiger partial charge in [0.05, 0.1) is 5.92 Å². The standard InChI is InChI=1S/C12H19N3O2S/c1-9(11(16)17)10(2)14-4-6-15(7-5-14)12-13-3-8-18-12/h3,8-10H,4-7H2,1-2H3,(H,16,17). The van der Waals surface area contributed by atoms with Crippen LogP contribution in [0.4, 0.5) is 5.13 Å². The van der Waals surface area contributed by atoms with Gasteiger partial charge >= 0.3 is 5.97 Å². The molecule has 1 aliphatic heterocycles. The van der Waals surface area contributed by atoms with E-state index in [4.69, 9.17) is 5.11 Å². The van der Waals surface area contributed by atoms with Crippen molar-refractivity contribution in [1.82, 2.24) is 9.88 Å². The Morgan fingerprint density at radius 1 is 1.39 bits per heavy atom. The van der Waals surface area contributed by atoms with Gasteiger partial charge < -0.3 is 10.0 Å². The van der Waals surface area contributed by atoms with Crippen LogP contribution in [-0.4, -0.2) is 53.2 Å². The molecule has 0 bridgehead atoms. The first-order chi connectivity index (χ1) is 8.59. The Bertz CT molecular complexity index is 388. The third kappa shape index (κ3) is 2.81. The van der Waals surface area contributed by atoms with Crippen LogP contribution in [0.15, 0.2) is 11.6 Å². The van der Waals surface area contributed by atoms with Gasteiger partial charge in [-0.1, -0.05) is 6.92 Å². The quantitative estimate of drug-likeness (QED) is 0.895. The number of aliphatic carboxylic acids is 1. The molecule has 1 aromatic heterocycles. The number of aromatic nitrogens is 1. The fourth-order valence-electron chi connectivity index (χ4n) is 2.22. The van der Waals surface area contributed by atoms with Crippen LogP contribution in [0.2, 0.25) is 0 Å². The molecule has 5 nitrogen and oxygen atoms in total. The van der Waals surface area contributed by atoms with Gasteiger partial charge in [0.25, 0.3) is 0 Å². The van der Waals surface area contributed by atoms with E-state index in [-0.39, 0.29) is 12.0 Å². The van der Waals surface area contributed by atoms with Crippen molar-refractivity contribution in [3.8, 4) is 0 Å². The highest BCUT2D eigenvalue weighted by atomic mass is 32.1. The molecule has 0 aromatic carbocycles. The van der Waals surface area contributed by atoms with Gasteiger partial charge in [-0.2, -0.15) is 0 Å². The Hall–Kier alpha value is -1.14. The van der Waals surface area contributed by atoms with Crippen LogP contribution in [0.3, 0.4) is 0 Å². The normalized spacial score (nSPS) is 20.7. The van der Waals surface area contributed by atoms with Crippen LogP contribution in [0.5, 0.6) is 0 Å². The van der Waals surface area contributed by atoms with E-state index >= 15 is 0 Å². The van der Waals surface area contributed by atoms with E-state index in [1.807, 2.05) is 18.5 Å². The minimum Gasteiger partial charge on any atom is -0.481 e. The maximum absolute atomic E-state index is 11.0. The molecule has 0 radical (unpaired) electrons. The number of piperazine rings is 1. The minimum atomic E-state index is -0.718. The van der Waals surface area contributed by atoms with E-state index in [0.29, 0.717) is 0 Å². The number of carboxylic acids is 1. The van der Waals surface area contributed by atoms with E-state index < -0.39 is 5.97 Å². The summed E-state index contributed by atoms with van der Waals surface area (Å²) in [4.78, 5) is 19.8. The van der Waals surface area contributed by atoms with Crippen LogP contribution in [0.25, 0.3) is 0 Å². The lowest BCUT2D eigenvalue weighted by molar-refractivity contribution is -0.143. The van der Waals surface area contributed by atoms with Gasteiger partial charge in [0.2, 0.25) is 0 Å². The molecule has 2 atom stereocenters. The highest BCUT2D eigenvalue weighted by molar-refractivity contribution is 7.13. The first-order valence-corrected chi connectivity index (χ1v) is 7.09. The molecule has 1 N–H and O–H groups in total. The molecule has 0 amide bonds. The molecule has 1 aliphatic rings. The Balaban J connectivity index is 1.88. The second kappa shape index (κ2) is 5.67. The van der Waals surface area contributed by atoms with E-state index in [0.717, 1.165) is 31.3 Å². The van der Waals surface area contributed by atoms with Crippen molar-refractivity contribution in [3.63, 3.8) is 0 Å². The van der Waals surface area contributed by atoms with Crippen molar-refractivity contribution < 1.29 is 9.90 Å². The van der Waals surface area contributed by atoms with Crippen molar-refractivity contribution in [2.24, 2.45) is 5.92 Å². The maximum Gasteiger partial charge on any atom is 0.307 e. The molecule has 2 heterocycles. The first kappa shape index (κ1) is 13.3. The molecule has 1 fully saturated rings. The lowest BCUT2D eigenvalue weighted by Gasteiger charge is -2.39. The summed E-state index contributed by atoms with van der Waals surface area (Å²) in [6.07, 6.45) is 1.82. The van der Waals surface area contributed by atoms with Crippen molar-refractivity contribution in [2.75, 3.05) is 31.1 Å². The smallest absolute Gasteiger partial charge is 0.307 e. The Kier molecular flexibility index (Phi) is 4.19. The van der Waals surface area contributed by atoms with Gasteiger partial charge in [-0.25, -0.2) is 4.98 Å². The minimum absolute atomic E-state index is 0.0842. The van der Waals surface area contributed by atoms with Gasteiger partial charge in [-0.15, -0.1) is 11.3 Å². The number of carbonyl (C=O) groups is 1. The molecule has 100 valence electrons. The summed E-state index contributed by atoms with van der Waals surface area (Å²) >= 11 is 1.65. The highest BCUT2D eigenvalue weighted by Gasteiger charge is 2.28. The Morgan fingerprint density at radius 3 is 2.56 bits per heavy atom. The zero-order valence-electron chi connectivity index (χ0n) is 10.7. The molecule has 6 heteroatoms. The molecule has 2 rings (SSSR count).